The number of benzene rings is 1. The molecule has 1 atom stereocenters. The number of nitrogens with zero attached hydrogens (tertiary/aromatic N) is 5. The second kappa shape index (κ2) is 11.8. The van der Waals surface area contributed by atoms with Crippen molar-refractivity contribution in [2.45, 2.75) is 26.4 Å². The fourth-order valence-corrected chi connectivity index (χ4v) is 3.65. The van der Waals surface area contributed by atoms with Gasteiger partial charge in [0.05, 0.1) is 12.9 Å². The van der Waals surface area contributed by atoms with Gasteiger partial charge in [-0.25, -0.2) is 4.98 Å². The molecule has 1 N–H and O–H groups in total. The van der Waals surface area contributed by atoms with Crippen molar-refractivity contribution in [1.82, 2.24) is 24.7 Å². The van der Waals surface area contributed by atoms with Gasteiger partial charge in [-0.1, -0.05) is 28.1 Å². The lowest BCUT2D eigenvalue weighted by Crippen LogP contribution is -2.52. The summed E-state index contributed by atoms with van der Waals surface area (Å²) < 4.78 is 3.19. The molecule has 6 nitrogen and oxygen atoms in total. The first-order chi connectivity index (χ1) is 13.2. The van der Waals surface area contributed by atoms with Crippen molar-refractivity contribution in [3.8, 4) is 0 Å². The summed E-state index contributed by atoms with van der Waals surface area (Å²) in [4.78, 5) is 13.8. The molecule has 1 aromatic heterocycles. The zero-order chi connectivity index (χ0) is 19.1. The molecular formula is C20H30BrIN6. The lowest BCUT2D eigenvalue weighted by atomic mass is 10.1. The molecule has 0 amide bonds. The van der Waals surface area contributed by atoms with Gasteiger partial charge in [0.25, 0.3) is 0 Å². The molecule has 0 radical (unpaired) electrons. The quantitative estimate of drug-likeness (QED) is 0.333. The maximum Gasteiger partial charge on any atom is 0.194 e. The highest BCUT2D eigenvalue weighted by Gasteiger charge is 2.23. The predicted molar refractivity (Wildman–Crippen MR) is 129 cm³/mol. The van der Waals surface area contributed by atoms with E-state index >= 15 is 0 Å². The van der Waals surface area contributed by atoms with Crippen molar-refractivity contribution in [2.75, 3.05) is 39.3 Å². The second-order valence-corrected chi connectivity index (χ2v) is 7.70. The molecule has 1 fully saturated rings. The van der Waals surface area contributed by atoms with E-state index in [2.05, 4.69) is 78.7 Å². The van der Waals surface area contributed by atoms with Gasteiger partial charge in [-0.05, 0) is 31.5 Å². The summed E-state index contributed by atoms with van der Waals surface area (Å²) in [6.07, 6.45) is 5.62. The first kappa shape index (κ1) is 23.2. The number of guanidine groups is 1. The van der Waals surface area contributed by atoms with Crippen molar-refractivity contribution >= 4 is 45.9 Å². The van der Waals surface area contributed by atoms with Gasteiger partial charge in [0.1, 0.15) is 0 Å². The molecule has 0 aliphatic carbocycles. The van der Waals surface area contributed by atoms with Gasteiger partial charge in [-0.2, -0.15) is 0 Å². The Morgan fingerprint density at radius 2 is 1.93 bits per heavy atom. The Kier molecular flexibility index (Phi) is 9.73. The molecule has 8 heteroatoms. The van der Waals surface area contributed by atoms with Gasteiger partial charge in [0.15, 0.2) is 5.96 Å². The van der Waals surface area contributed by atoms with Crippen LogP contribution in [-0.4, -0.2) is 64.6 Å². The summed E-state index contributed by atoms with van der Waals surface area (Å²) in [6, 6.07) is 9.10. The van der Waals surface area contributed by atoms with Gasteiger partial charge in [0, 0.05) is 62.2 Å². The zero-order valence-corrected chi connectivity index (χ0v) is 20.5. The molecule has 154 valence electrons. The van der Waals surface area contributed by atoms with Crippen molar-refractivity contribution in [1.29, 1.82) is 0 Å². The van der Waals surface area contributed by atoms with Gasteiger partial charge in [-0.15, -0.1) is 24.0 Å². The summed E-state index contributed by atoms with van der Waals surface area (Å²) in [7, 11) is 0. The van der Waals surface area contributed by atoms with Crippen LogP contribution in [0.25, 0.3) is 0 Å². The minimum atomic E-state index is 0. The molecule has 0 bridgehead atoms. The predicted octanol–water partition coefficient (Wildman–Crippen LogP) is 3.61. The van der Waals surface area contributed by atoms with Crippen LogP contribution in [0, 0.1) is 0 Å². The van der Waals surface area contributed by atoms with E-state index in [-0.39, 0.29) is 24.0 Å². The third kappa shape index (κ3) is 6.45. The Labute approximate surface area is 193 Å². The van der Waals surface area contributed by atoms with E-state index in [1.165, 1.54) is 5.56 Å². The Bertz CT molecular complexity index is 711. The highest BCUT2D eigenvalue weighted by molar-refractivity contribution is 14.0. The molecule has 2 aromatic rings. The lowest BCUT2D eigenvalue weighted by Gasteiger charge is -2.39. The SMILES string of the molecule is CCNC(=NCCn1ccnc1)N1CCN(C(C)c2ccc(Br)cc2)CC1.I. The van der Waals surface area contributed by atoms with Gasteiger partial charge in [0.2, 0.25) is 0 Å². The molecule has 1 aliphatic heterocycles. The van der Waals surface area contributed by atoms with Gasteiger partial charge >= 0.3 is 0 Å². The number of rotatable bonds is 6. The first-order valence-electron chi connectivity index (χ1n) is 9.66. The molecule has 1 aromatic carbocycles. The van der Waals surface area contributed by atoms with Crippen molar-refractivity contribution in [3.05, 3.63) is 53.0 Å². The molecule has 0 spiro atoms. The molecule has 1 saturated heterocycles. The maximum atomic E-state index is 4.81. The highest BCUT2D eigenvalue weighted by atomic mass is 127. The van der Waals surface area contributed by atoms with Crippen LogP contribution < -0.4 is 5.32 Å². The van der Waals surface area contributed by atoms with Crippen LogP contribution in [0.1, 0.15) is 25.5 Å². The first-order valence-corrected chi connectivity index (χ1v) is 10.4. The average molecular weight is 561 g/mol. The number of halogens is 2. The molecule has 1 unspecified atom stereocenters. The molecule has 2 heterocycles. The Hall–Kier alpha value is -1.13. The van der Waals surface area contributed by atoms with E-state index in [1.54, 1.807) is 6.20 Å². The van der Waals surface area contributed by atoms with Crippen molar-refractivity contribution in [3.63, 3.8) is 0 Å². The van der Waals surface area contributed by atoms with Gasteiger partial charge in [-0.3, -0.25) is 9.89 Å². The summed E-state index contributed by atoms with van der Waals surface area (Å²) in [5.41, 5.74) is 1.37. The van der Waals surface area contributed by atoms with E-state index in [0.717, 1.165) is 56.2 Å². The van der Waals surface area contributed by atoms with Crippen LogP contribution in [0.4, 0.5) is 0 Å². The number of hydrogen-bond acceptors (Lipinski definition) is 3. The highest BCUT2D eigenvalue weighted by Crippen LogP contribution is 2.23. The van der Waals surface area contributed by atoms with E-state index in [9.17, 15) is 0 Å². The summed E-state index contributed by atoms with van der Waals surface area (Å²) in [6.45, 7) is 11.0. The van der Waals surface area contributed by atoms with E-state index in [1.807, 2.05) is 12.5 Å². The topological polar surface area (TPSA) is 48.7 Å². The molecule has 0 saturated carbocycles. The molecular weight excluding hydrogens is 531 g/mol. The second-order valence-electron chi connectivity index (χ2n) is 6.79. The summed E-state index contributed by atoms with van der Waals surface area (Å²) in [5, 5.41) is 3.44. The Morgan fingerprint density at radius 1 is 1.21 bits per heavy atom. The summed E-state index contributed by atoms with van der Waals surface area (Å²) >= 11 is 3.52. The van der Waals surface area contributed by atoms with E-state index in [4.69, 9.17) is 4.99 Å². The zero-order valence-electron chi connectivity index (χ0n) is 16.6. The van der Waals surface area contributed by atoms with Crippen LogP contribution in [-0.2, 0) is 6.54 Å². The number of piperazine rings is 1. The van der Waals surface area contributed by atoms with Crippen LogP contribution in [0.5, 0.6) is 0 Å². The smallest absolute Gasteiger partial charge is 0.194 e. The minimum Gasteiger partial charge on any atom is -0.357 e. The van der Waals surface area contributed by atoms with Crippen molar-refractivity contribution < 1.29 is 0 Å². The fraction of sp³-hybridized carbons (Fsp3) is 0.500. The maximum absolute atomic E-state index is 4.81. The largest absolute Gasteiger partial charge is 0.357 e. The number of imidazole rings is 1. The molecule has 3 rings (SSSR count). The Balaban J connectivity index is 0.00000280. The van der Waals surface area contributed by atoms with Gasteiger partial charge < -0.3 is 14.8 Å². The lowest BCUT2D eigenvalue weighted by molar-refractivity contribution is 0.138. The van der Waals surface area contributed by atoms with Crippen molar-refractivity contribution in [2.24, 2.45) is 4.99 Å². The van der Waals surface area contributed by atoms with E-state index in [0.29, 0.717) is 6.04 Å². The minimum absolute atomic E-state index is 0. The fourth-order valence-electron chi connectivity index (χ4n) is 3.39. The number of nitrogens with one attached hydrogen (secondary N) is 1. The van der Waals surface area contributed by atoms with Crippen LogP contribution in [0.2, 0.25) is 0 Å². The third-order valence-corrected chi connectivity index (χ3v) is 5.56. The Morgan fingerprint density at radius 3 is 2.54 bits per heavy atom. The normalized spacial score (nSPS) is 16.5. The van der Waals surface area contributed by atoms with E-state index < -0.39 is 0 Å². The standard InChI is InChI=1S/C20H29BrN6.HI/c1-3-23-20(24-9-11-25-10-8-22-16-25)27-14-12-26(13-15-27)17(2)18-4-6-19(21)7-5-18;/h4-8,10,16-17H,3,9,11-15H2,1-2H3,(H,23,24);1H. The third-order valence-electron chi connectivity index (χ3n) is 5.03. The number of aromatic nitrogens is 2. The molecule has 1 aliphatic rings. The number of aliphatic imine (C=N–C) groups is 1. The van der Waals surface area contributed by atoms with Crippen LogP contribution in [0.3, 0.4) is 0 Å². The number of hydrogen-bond donors (Lipinski definition) is 1. The monoisotopic (exact) mass is 560 g/mol. The van der Waals surface area contributed by atoms with Crippen LogP contribution >= 0.6 is 39.9 Å². The summed E-state index contributed by atoms with van der Waals surface area (Å²) in [5.74, 6) is 1.02. The average Bonchev–Trinajstić information content (AvgIpc) is 3.21. The molecule has 28 heavy (non-hydrogen) atoms. The van der Waals surface area contributed by atoms with Crippen LogP contribution in [0.15, 0.2) is 52.5 Å².